The third-order valence-electron chi connectivity index (χ3n) is 3.40. The molecule has 3 N–H and O–H groups in total. The lowest BCUT2D eigenvalue weighted by molar-refractivity contribution is 0.0944. The SMILES string of the molecule is CCC(CC)C(N)CNC(=O)c1ccncc1OC. The van der Waals surface area contributed by atoms with Crippen molar-refractivity contribution in [2.24, 2.45) is 11.7 Å². The molecule has 1 amide bonds. The molecule has 0 saturated carbocycles. The van der Waals surface area contributed by atoms with Gasteiger partial charge in [0.1, 0.15) is 5.75 Å². The van der Waals surface area contributed by atoms with E-state index in [2.05, 4.69) is 24.1 Å². The summed E-state index contributed by atoms with van der Waals surface area (Å²) in [6, 6.07) is 1.61. The Kier molecular flexibility index (Phi) is 6.29. The first-order valence-corrected chi connectivity index (χ1v) is 6.65. The van der Waals surface area contributed by atoms with Crippen LogP contribution < -0.4 is 15.8 Å². The van der Waals surface area contributed by atoms with Crippen LogP contribution in [-0.4, -0.2) is 30.6 Å². The van der Waals surface area contributed by atoms with Gasteiger partial charge in [-0.3, -0.25) is 9.78 Å². The molecule has 0 bridgehead atoms. The van der Waals surface area contributed by atoms with E-state index in [1.54, 1.807) is 12.3 Å². The van der Waals surface area contributed by atoms with Crippen molar-refractivity contribution >= 4 is 5.91 Å². The standard InChI is InChI=1S/C14H23N3O2/c1-4-10(5-2)12(15)8-17-14(18)11-6-7-16-9-13(11)19-3/h6-7,9-10,12H,4-5,8,15H2,1-3H3,(H,17,18). The number of rotatable bonds is 7. The highest BCUT2D eigenvalue weighted by molar-refractivity contribution is 5.96. The molecule has 1 aromatic rings. The number of hydrogen-bond acceptors (Lipinski definition) is 4. The normalized spacial score (nSPS) is 12.3. The maximum atomic E-state index is 12.1. The van der Waals surface area contributed by atoms with E-state index in [-0.39, 0.29) is 11.9 Å². The zero-order chi connectivity index (χ0) is 14.3. The van der Waals surface area contributed by atoms with E-state index in [0.717, 1.165) is 12.8 Å². The molecule has 0 spiro atoms. The van der Waals surface area contributed by atoms with Gasteiger partial charge in [0.05, 0.1) is 18.9 Å². The molecule has 1 unspecified atom stereocenters. The van der Waals surface area contributed by atoms with Gasteiger partial charge in [-0.25, -0.2) is 0 Å². The number of ether oxygens (including phenoxy) is 1. The summed E-state index contributed by atoms with van der Waals surface area (Å²) in [6.07, 6.45) is 5.13. The molecule has 1 heterocycles. The van der Waals surface area contributed by atoms with Gasteiger partial charge in [-0.05, 0) is 12.0 Å². The number of pyridine rings is 1. The highest BCUT2D eigenvalue weighted by Gasteiger charge is 2.17. The van der Waals surface area contributed by atoms with Crippen molar-refractivity contribution in [1.29, 1.82) is 0 Å². The number of nitrogens with one attached hydrogen (secondary N) is 1. The van der Waals surface area contributed by atoms with Crippen LogP contribution in [-0.2, 0) is 0 Å². The van der Waals surface area contributed by atoms with Crippen LogP contribution in [0.1, 0.15) is 37.0 Å². The lowest BCUT2D eigenvalue weighted by Gasteiger charge is -2.21. The van der Waals surface area contributed by atoms with Crippen molar-refractivity contribution in [3.8, 4) is 5.75 Å². The fraction of sp³-hybridized carbons (Fsp3) is 0.571. The first kappa shape index (κ1) is 15.4. The quantitative estimate of drug-likeness (QED) is 0.784. The number of carbonyl (C=O) groups excluding carboxylic acids is 1. The van der Waals surface area contributed by atoms with Gasteiger partial charge in [0.15, 0.2) is 0 Å². The minimum absolute atomic E-state index is 0.0215. The molecule has 5 nitrogen and oxygen atoms in total. The Bertz CT molecular complexity index is 405. The second-order valence-corrected chi connectivity index (χ2v) is 4.53. The highest BCUT2D eigenvalue weighted by atomic mass is 16.5. The first-order valence-electron chi connectivity index (χ1n) is 6.65. The molecule has 1 atom stereocenters. The number of hydrogen-bond donors (Lipinski definition) is 2. The van der Waals surface area contributed by atoms with Gasteiger partial charge in [-0.2, -0.15) is 0 Å². The zero-order valence-corrected chi connectivity index (χ0v) is 11.8. The van der Waals surface area contributed by atoms with Crippen molar-refractivity contribution in [1.82, 2.24) is 10.3 Å². The number of carbonyl (C=O) groups is 1. The molecule has 5 heteroatoms. The van der Waals surface area contributed by atoms with Crippen LogP contribution in [0.4, 0.5) is 0 Å². The first-order chi connectivity index (χ1) is 9.13. The molecule has 0 aliphatic rings. The Hall–Kier alpha value is -1.62. The third kappa shape index (κ3) is 4.21. The number of methoxy groups -OCH3 is 1. The van der Waals surface area contributed by atoms with Crippen LogP contribution in [0.25, 0.3) is 0 Å². The number of nitrogens with zero attached hydrogens (tertiary/aromatic N) is 1. The van der Waals surface area contributed by atoms with Gasteiger partial charge in [-0.1, -0.05) is 26.7 Å². The molecule has 106 valence electrons. The molecule has 0 aromatic carbocycles. The minimum atomic E-state index is -0.180. The second-order valence-electron chi connectivity index (χ2n) is 4.53. The average molecular weight is 265 g/mol. The van der Waals surface area contributed by atoms with E-state index in [4.69, 9.17) is 10.5 Å². The molecule has 0 aliphatic heterocycles. The van der Waals surface area contributed by atoms with Crippen molar-refractivity contribution in [2.75, 3.05) is 13.7 Å². The van der Waals surface area contributed by atoms with E-state index in [9.17, 15) is 4.79 Å². The lowest BCUT2D eigenvalue weighted by Crippen LogP contribution is -2.41. The van der Waals surface area contributed by atoms with Gasteiger partial charge in [0.2, 0.25) is 0 Å². The topological polar surface area (TPSA) is 77.2 Å². The van der Waals surface area contributed by atoms with Crippen LogP contribution in [0.5, 0.6) is 5.75 Å². The van der Waals surface area contributed by atoms with Gasteiger partial charge < -0.3 is 15.8 Å². The molecular weight excluding hydrogens is 242 g/mol. The van der Waals surface area contributed by atoms with Crippen LogP contribution in [0.15, 0.2) is 18.5 Å². The predicted molar refractivity (Wildman–Crippen MR) is 75.2 cm³/mol. The van der Waals surface area contributed by atoms with E-state index in [1.165, 1.54) is 13.3 Å². The van der Waals surface area contributed by atoms with Crippen LogP contribution >= 0.6 is 0 Å². The Balaban J connectivity index is 2.60. The van der Waals surface area contributed by atoms with Gasteiger partial charge in [0, 0.05) is 18.8 Å². The van der Waals surface area contributed by atoms with Gasteiger partial charge >= 0.3 is 0 Å². The van der Waals surface area contributed by atoms with Crippen LogP contribution in [0.3, 0.4) is 0 Å². The Morgan fingerprint density at radius 2 is 2.16 bits per heavy atom. The smallest absolute Gasteiger partial charge is 0.255 e. The van der Waals surface area contributed by atoms with Crippen molar-refractivity contribution < 1.29 is 9.53 Å². The zero-order valence-electron chi connectivity index (χ0n) is 11.8. The van der Waals surface area contributed by atoms with E-state index < -0.39 is 0 Å². The second kappa shape index (κ2) is 7.74. The molecule has 0 aliphatic carbocycles. The van der Waals surface area contributed by atoms with Crippen molar-refractivity contribution in [3.63, 3.8) is 0 Å². The lowest BCUT2D eigenvalue weighted by atomic mass is 9.95. The number of aromatic nitrogens is 1. The summed E-state index contributed by atoms with van der Waals surface area (Å²) in [5.41, 5.74) is 6.56. The maximum absolute atomic E-state index is 12.1. The number of amides is 1. The Morgan fingerprint density at radius 1 is 1.47 bits per heavy atom. The summed E-state index contributed by atoms with van der Waals surface area (Å²) < 4.78 is 5.11. The molecule has 1 aromatic heterocycles. The van der Waals surface area contributed by atoms with Gasteiger partial charge in [0.25, 0.3) is 5.91 Å². The molecular formula is C14H23N3O2. The largest absolute Gasteiger partial charge is 0.494 e. The van der Waals surface area contributed by atoms with Crippen molar-refractivity contribution in [2.45, 2.75) is 32.7 Å². The summed E-state index contributed by atoms with van der Waals surface area (Å²) in [6.45, 7) is 4.69. The minimum Gasteiger partial charge on any atom is -0.494 e. The molecule has 19 heavy (non-hydrogen) atoms. The molecule has 0 saturated heterocycles. The van der Waals surface area contributed by atoms with Crippen molar-refractivity contribution in [3.05, 3.63) is 24.0 Å². The number of nitrogens with two attached hydrogens (primary N) is 1. The average Bonchev–Trinajstić information content (AvgIpc) is 2.45. The van der Waals surface area contributed by atoms with Crippen LogP contribution in [0.2, 0.25) is 0 Å². The molecule has 0 radical (unpaired) electrons. The fourth-order valence-corrected chi connectivity index (χ4v) is 2.10. The highest BCUT2D eigenvalue weighted by Crippen LogP contribution is 2.15. The summed E-state index contributed by atoms with van der Waals surface area (Å²) in [5.74, 6) is 0.719. The molecule has 1 rings (SSSR count). The van der Waals surface area contributed by atoms with Crippen LogP contribution in [0, 0.1) is 5.92 Å². The summed E-state index contributed by atoms with van der Waals surface area (Å²) in [4.78, 5) is 16.0. The van der Waals surface area contributed by atoms with E-state index in [1.807, 2.05) is 0 Å². The third-order valence-corrected chi connectivity index (χ3v) is 3.40. The Labute approximate surface area is 114 Å². The monoisotopic (exact) mass is 265 g/mol. The van der Waals surface area contributed by atoms with E-state index in [0.29, 0.717) is 23.8 Å². The summed E-state index contributed by atoms with van der Waals surface area (Å²) >= 11 is 0. The van der Waals surface area contributed by atoms with E-state index >= 15 is 0 Å². The Morgan fingerprint density at radius 3 is 2.74 bits per heavy atom. The van der Waals surface area contributed by atoms with Gasteiger partial charge in [-0.15, -0.1) is 0 Å². The summed E-state index contributed by atoms with van der Waals surface area (Å²) in [7, 11) is 1.52. The summed E-state index contributed by atoms with van der Waals surface area (Å²) in [5, 5.41) is 2.85. The molecule has 0 fully saturated rings. The predicted octanol–water partition coefficient (Wildman–Crippen LogP) is 1.58. The maximum Gasteiger partial charge on any atom is 0.255 e. The fourth-order valence-electron chi connectivity index (χ4n) is 2.10.